The number of rotatable bonds is 2. The van der Waals surface area contributed by atoms with Crippen LogP contribution in [0.1, 0.15) is 4.88 Å². The third-order valence-corrected chi connectivity index (χ3v) is 2.86. The van der Waals surface area contributed by atoms with E-state index >= 15 is 0 Å². The van der Waals surface area contributed by atoms with Crippen molar-refractivity contribution in [3.8, 4) is 0 Å². The predicted molar refractivity (Wildman–Crippen MR) is 58.5 cm³/mol. The molecule has 0 aliphatic heterocycles. The number of nitrogens with zero attached hydrogens (tertiary/aromatic N) is 2. The van der Waals surface area contributed by atoms with Crippen LogP contribution in [0.2, 0.25) is 0 Å². The van der Waals surface area contributed by atoms with Crippen molar-refractivity contribution in [2.24, 2.45) is 0 Å². The third-order valence-electron chi connectivity index (χ3n) is 1.75. The van der Waals surface area contributed by atoms with Crippen molar-refractivity contribution in [2.45, 2.75) is 0 Å². The highest BCUT2D eigenvalue weighted by molar-refractivity contribution is 7.20. The van der Waals surface area contributed by atoms with Gasteiger partial charge in [-0.05, 0) is 12.1 Å². The molecule has 2 rings (SSSR count). The van der Waals surface area contributed by atoms with E-state index in [1.54, 1.807) is 6.07 Å². The SMILES string of the molecule is Nc1ncnc2cc(/C=C/C(=O)O)sc12. The second-order valence-electron chi connectivity index (χ2n) is 2.79. The number of aromatic nitrogens is 2. The molecule has 0 saturated carbocycles. The van der Waals surface area contributed by atoms with E-state index in [1.165, 1.54) is 23.7 Å². The van der Waals surface area contributed by atoms with Crippen molar-refractivity contribution in [1.82, 2.24) is 9.97 Å². The summed E-state index contributed by atoms with van der Waals surface area (Å²) in [6.45, 7) is 0. The monoisotopic (exact) mass is 221 g/mol. The first kappa shape index (κ1) is 9.60. The number of nitrogen functional groups attached to an aromatic ring is 1. The first-order valence-electron chi connectivity index (χ1n) is 4.08. The van der Waals surface area contributed by atoms with E-state index < -0.39 is 5.97 Å². The van der Waals surface area contributed by atoms with Gasteiger partial charge in [0.25, 0.3) is 0 Å². The largest absolute Gasteiger partial charge is 0.478 e. The Labute approximate surface area is 88.9 Å². The fourth-order valence-electron chi connectivity index (χ4n) is 1.13. The number of thiophene rings is 1. The zero-order chi connectivity index (χ0) is 10.8. The number of carbonyl (C=O) groups is 1. The number of hydrogen-bond donors (Lipinski definition) is 2. The first-order valence-corrected chi connectivity index (χ1v) is 4.89. The minimum atomic E-state index is -0.980. The van der Waals surface area contributed by atoms with Crippen molar-refractivity contribution < 1.29 is 9.90 Å². The molecule has 0 amide bonds. The van der Waals surface area contributed by atoms with Gasteiger partial charge in [-0.2, -0.15) is 0 Å². The molecule has 15 heavy (non-hydrogen) atoms. The lowest BCUT2D eigenvalue weighted by Gasteiger charge is -1.90. The number of aliphatic carboxylic acids is 1. The molecule has 0 aliphatic rings. The highest BCUT2D eigenvalue weighted by atomic mass is 32.1. The van der Waals surface area contributed by atoms with Crippen LogP contribution in [0.4, 0.5) is 5.82 Å². The second-order valence-corrected chi connectivity index (χ2v) is 3.88. The van der Waals surface area contributed by atoms with E-state index in [2.05, 4.69) is 9.97 Å². The van der Waals surface area contributed by atoms with Gasteiger partial charge in [0, 0.05) is 11.0 Å². The van der Waals surface area contributed by atoms with Gasteiger partial charge in [0.15, 0.2) is 0 Å². The van der Waals surface area contributed by atoms with E-state index in [0.717, 1.165) is 21.2 Å². The van der Waals surface area contributed by atoms with Crippen LogP contribution in [0.25, 0.3) is 16.3 Å². The predicted octanol–water partition coefficient (Wildman–Crippen LogP) is 1.37. The summed E-state index contributed by atoms with van der Waals surface area (Å²) in [4.78, 5) is 19.0. The Morgan fingerprint density at radius 3 is 3.00 bits per heavy atom. The molecular formula is C9H7N3O2S. The molecule has 0 aliphatic carbocycles. The first-order chi connectivity index (χ1) is 7.16. The number of carboxylic acids is 1. The van der Waals surface area contributed by atoms with Crippen molar-refractivity contribution in [1.29, 1.82) is 0 Å². The van der Waals surface area contributed by atoms with Gasteiger partial charge >= 0.3 is 5.97 Å². The van der Waals surface area contributed by atoms with Gasteiger partial charge in [-0.25, -0.2) is 14.8 Å². The maximum atomic E-state index is 10.3. The number of anilines is 1. The molecule has 0 aromatic carbocycles. The van der Waals surface area contributed by atoms with E-state index in [1.807, 2.05) is 0 Å². The Morgan fingerprint density at radius 2 is 2.33 bits per heavy atom. The van der Waals surface area contributed by atoms with Gasteiger partial charge in [-0.1, -0.05) is 0 Å². The van der Waals surface area contributed by atoms with Gasteiger partial charge in [0.2, 0.25) is 0 Å². The van der Waals surface area contributed by atoms with Gasteiger partial charge in [0.1, 0.15) is 12.1 Å². The number of hydrogen-bond acceptors (Lipinski definition) is 5. The Hall–Kier alpha value is -1.95. The summed E-state index contributed by atoms with van der Waals surface area (Å²) < 4.78 is 0.780. The van der Waals surface area contributed by atoms with Gasteiger partial charge in [-0.3, -0.25) is 0 Å². The molecule has 2 aromatic heterocycles. The highest BCUT2D eigenvalue weighted by Gasteiger charge is 2.04. The van der Waals surface area contributed by atoms with Crippen LogP contribution in [0.15, 0.2) is 18.5 Å². The lowest BCUT2D eigenvalue weighted by molar-refractivity contribution is -0.131. The summed E-state index contributed by atoms with van der Waals surface area (Å²) in [5.41, 5.74) is 6.38. The van der Waals surface area contributed by atoms with E-state index in [4.69, 9.17) is 10.8 Å². The second kappa shape index (κ2) is 3.66. The van der Waals surface area contributed by atoms with Gasteiger partial charge < -0.3 is 10.8 Å². The topological polar surface area (TPSA) is 89.1 Å². The summed E-state index contributed by atoms with van der Waals surface area (Å²) in [7, 11) is 0. The van der Waals surface area contributed by atoms with E-state index in [9.17, 15) is 4.79 Å². The Morgan fingerprint density at radius 1 is 1.53 bits per heavy atom. The van der Waals surface area contributed by atoms with Crippen LogP contribution in [0.5, 0.6) is 0 Å². The van der Waals surface area contributed by atoms with Crippen molar-refractivity contribution in [2.75, 3.05) is 5.73 Å². The lowest BCUT2D eigenvalue weighted by atomic mass is 10.3. The summed E-state index contributed by atoms with van der Waals surface area (Å²) in [5.74, 6) is -0.563. The molecule has 6 heteroatoms. The van der Waals surface area contributed by atoms with Crippen LogP contribution >= 0.6 is 11.3 Å². The molecule has 0 spiro atoms. The van der Waals surface area contributed by atoms with Crippen molar-refractivity contribution in [3.63, 3.8) is 0 Å². The zero-order valence-electron chi connectivity index (χ0n) is 7.54. The molecule has 0 radical (unpaired) electrons. The highest BCUT2D eigenvalue weighted by Crippen LogP contribution is 2.27. The summed E-state index contributed by atoms with van der Waals surface area (Å²) in [5, 5.41) is 8.47. The average Bonchev–Trinajstić information content (AvgIpc) is 2.59. The summed E-state index contributed by atoms with van der Waals surface area (Å²) in [6, 6.07) is 1.78. The standard InChI is InChI=1S/C9H7N3O2S/c10-9-8-6(11-4-12-9)3-5(15-8)1-2-7(13)14/h1-4H,(H,13,14)(H2,10,11,12)/b2-1+. The van der Waals surface area contributed by atoms with Crippen molar-refractivity contribution >= 4 is 39.4 Å². The average molecular weight is 221 g/mol. The van der Waals surface area contributed by atoms with Gasteiger partial charge in [0.05, 0.1) is 10.2 Å². The fraction of sp³-hybridized carbons (Fsp3) is 0. The molecule has 2 heterocycles. The molecule has 0 fully saturated rings. The maximum Gasteiger partial charge on any atom is 0.328 e. The summed E-state index contributed by atoms with van der Waals surface area (Å²) >= 11 is 1.37. The Kier molecular flexibility index (Phi) is 2.34. The molecule has 0 bridgehead atoms. The minimum Gasteiger partial charge on any atom is -0.478 e. The quantitative estimate of drug-likeness (QED) is 0.747. The molecule has 0 atom stereocenters. The number of fused-ring (bicyclic) bond motifs is 1. The zero-order valence-corrected chi connectivity index (χ0v) is 8.36. The molecule has 3 N–H and O–H groups in total. The van der Waals surface area contributed by atoms with Crippen LogP contribution in [-0.4, -0.2) is 21.0 Å². The molecule has 0 saturated heterocycles. The number of nitrogens with two attached hydrogens (primary N) is 1. The number of carboxylic acid groups (broad SMARTS) is 1. The van der Waals surface area contributed by atoms with E-state index in [-0.39, 0.29) is 0 Å². The molecule has 2 aromatic rings. The smallest absolute Gasteiger partial charge is 0.328 e. The van der Waals surface area contributed by atoms with Crippen LogP contribution in [0.3, 0.4) is 0 Å². The fourth-order valence-corrected chi connectivity index (χ4v) is 2.04. The Balaban J connectivity index is 2.48. The normalized spacial score (nSPS) is 11.2. The minimum absolute atomic E-state index is 0.417. The van der Waals surface area contributed by atoms with E-state index in [0.29, 0.717) is 5.82 Å². The van der Waals surface area contributed by atoms with Crippen LogP contribution in [-0.2, 0) is 4.79 Å². The molecule has 76 valence electrons. The van der Waals surface area contributed by atoms with Crippen LogP contribution < -0.4 is 5.73 Å². The van der Waals surface area contributed by atoms with Crippen molar-refractivity contribution in [3.05, 3.63) is 23.3 Å². The third kappa shape index (κ3) is 1.94. The summed E-state index contributed by atoms with van der Waals surface area (Å²) in [6.07, 6.45) is 3.97. The maximum absolute atomic E-state index is 10.3. The Bertz CT molecular complexity index is 547. The molecule has 0 unspecified atom stereocenters. The molecular weight excluding hydrogens is 214 g/mol. The molecule has 5 nitrogen and oxygen atoms in total. The van der Waals surface area contributed by atoms with Crippen LogP contribution in [0, 0.1) is 0 Å². The lowest BCUT2D eigenvalue weighted by Crippen LogP contribution is -1.89. The van der Waals surface area contributed by atoms with Gasteiger partial charge in [-0.15, -0.1) is 11.3 Å².